The van der Waals surface area contributed by atoms with Crippen LogP contribution < -0.4 is 5.73 Å². The number of hydrogen-bond acceptors (Lipinski definition) is 4. The first kappa shape index (κ1) is 19.2. The van der Waals surface area contributed by atoms with Crippen molar-refractivity contribution in [2.45, 2.75) is 38.7 Å². The van der Waals surface area contributed by atoms with Gasteiger partial charge in [-0.05, 0) is 61.0 Å². The highest BCUT2D eigenvalue weighted by molar-refractivity contribution is 4.48. The van der Waals surface area contributed by atoms with Gasteiger partial charge < -0.3 is 20.6 Å². The van der Waals surface area contributed by atoms with E-state index in [-0.39, 0.29) is 6.10 Å². The van der Waals surface area contributed by atoms with Crippen LogP contribution in [0.2, 0.25) is 0 Å². The molecule has 0 spiro atoms. The van der Waals surface area contributed by atoms with Crippen molar-refractivity contribution in [3.63, 3.8) is 0 Å². The smallest absolute Gasteiger partial charge is 0.0638 e. The van der Waals surface area contributed by atoms with Crippen molar-refractivity contribution in [3.05, 3.63) is 0 Å². The van der Waals surface area contributed by atoms with Gasteiger partial charge in [0.05, 0.1) is 6.10 Å². The quantitative estimate of drug-likeness (QED) is 0.628. The summed E-state index contributed by atoms with van der Waals surface area (Å²) in [6.07, 6.45) is 4.93. The van der Waals surface area contributed by atoms with Gasteiger partial charge in [-0.3, -0.25) is 0 Å². The van der Waals surface area contributed by atoms with Crippen LogP contribution in [0.4, 0.5) is 0 Å². The minimum Gasteiger partial charge on any atom is -0.392 e. The van der Waals surface area contributed by atoms with Crippen LogP contribution in [0.25, 0.3) is 0 Å². The third-order valence-corrected chi connectivity index (χ3v) is 2.19. The van der Waals surface area contributed by atoms with Crippen molar-refractivity contribution >= 4 is 0 Å². The van der Waals surface area contributed by atoms with E-state index in [1.165, 1.54) is 32.2 Å². The third-order valence-electron chi connectivity index (χ3n) is 2.19. The summed E-state index contributed by atoms with van der Waals surface area (Å²) in [5, 5.41) is 8.68. The van der Waals surface area contributed by atoms with Crippen LogP contribution in [-0.4, -0.2) is 68.8 Å². The predicted molar refractivity (Wildman–Crippen MR) is 76.3 cm³/mol. The Kier molecular flexibility index (Phi) is 15.7. The minimum absolute atomic E-state index is 0.199. The lowest BCUT2D eigenvalue weighted by molar-refractivity contribution is 0.154. The van der Waals surface area contributed by atoms with Crippen molar-refractivity contribution in [3.8, 4) is 0 Å². The van der Waals surface area contributed by atoms with Gasteiger partial charge in [0, 0.05) is 6.54 Å². The van der Waals surface area contributed by atoms with Gasteiger partial charge >= 0.3 is 0 Å². The van der Waals surface area contributed by atoms with E-state index < -0.39 is 0 Å². The summed E-state index contributed by atoms with van der Waals surface area (Å²) in [6, 6.07) is 0. The Hall–Kier alpha value is -0.160. The Morgan fingerprint density at radius 2 is 1.47 bits per heavy atom. The molecule has 1 atom stereocenters. The second-order valence-electron chi connectivity index (χ2n) is 5.12. The second-order valence-corrected chi connectivity index (χ2v) is 5.12. The summed E-state index contributed by atoms with van der Waals surface area (Å²) >= 11 is 0. The molecule has 0 aromatic rings. The first-order chi connectivity index (χ1) is 7.90. The first-order valence-corrected chi connectivity index (χ1v) is 6.57. The van der Waals surface area contributed by atoms with Crippen LogP contribution in [0.3, 0.4) is 0 Å². The molecule has 1 unspecified atom stereocenters. The Morgan fingerprint density at radius 3 is 1.76 bits per heavy atom. The van der Waals surface area contributed by atoms with Crippen molar-refractivity contribution in [1.29, 1.82) is 0 Å². The lowest BCUT2D eigenvalue weighted by Crippen LogP contribution is -2.22. The molecule has 4 nitrogen and oxygen atoms in total. The van der Waals surface area contributed by atoms with Crippen molar-refractivity contribution in [2.75, 3.05) is 47.8 Å². The van der Waals surface area contributed by atoms with Crippen LogP contribution in [0.15, 0.2) is 0 Å². The Morgan fingerprint density at radius 1 is 0.941 bits per heavy atom. The first-order valence-electron chi connectivity index (χ1n) is 6.57. The number of aliphatic hydroxyl groups excluding tert-OH is 1. The van der Waals surface area contributed by atoms with Crippen molar-refractivity contribution < 1.29 is 5.11 Å². The van der Waals surface area contributed by atoms with Crippen molar-refractivity contribution in [1.82, 2.24) is 9.80 Å². The summed E-state index contributed by atoms with van der Waals surface area (Å²) in [7, 11) is 8.10. The molecule has 4 heteroatoms. The zero-order valence-corrected chi connectivity index (χ0v) is 12.4. The van der Waals surface area contributed by atoms with E-state index in [0.717, 1.165) is 13.1 Å². The number of aliphatic hydroxyl groups is 1. The monoisotopic (exact) mass is 247 g/mol. The Labute approximate surface area is 108 Å². The van der Waals surface area contributed by atoms with Crippen LogP contribution in [-0.2, 0) is 0 Å². The molecule has 0 heterocycles. The predicted octanol–water partition coefficient (Wildman–Crippen LogP) is 0.996. The highest BCUT2D eigenvalue weighted by atomic mass is 16.3. The van der Waals surface area contributed by atoms with E-state index in [1.54, 1.807) is 6.92 Å². The summed E-state index contributed by atoms with van der Waals surface area (Å²) in [6.45, 7) is 4.59. The molecule has 0 aromatic carbocycles. The number of hydrogen-bond donors (Lipinski definition) is 2. The van der Waals surface area contributed by atoms with E-state index in [4.69, 9.17) is 10.8 Å². The van der Waals surface area contributed by atoms with Gasteiger partial charge in [-0.1, -0.05) is 12.8 Å². The van der Waals surface area contributed by atoms with Gasteiger partial charge in [0.25, 0.3) is 0 Å². The summed E-state index contributed by atoms with van der Waals surface area (Å²) in [4.78, 5) is 4.17. The Balaban J connectivity index is 0. The van der Waals surface area contributed by atoms with E-state index in [9.17, 15) is 0 Å². The molecule has 106 valence electrons. The highest BCUT2D eigenvalue weighted by Gasteiger charge is 1.93. The van der Waals surface area contributed by atoms with E-state index in [0.29, 0.717) is 0 Å². The molecule has 0 aliphatic rings. The van der Waals surface area contributed by atoms with Gasteiger partial charge in [0.2, 0.25) is 0 Å². The average molecular weight is 247 g/mol. The van der Waals surface area contributed by atoms with Crippen molar-refractivity contribution in [2.24, 2.45) is 5.73 Å². The van der Waals surface area contributed by atoms with Gasteiger partial charge in [0.15, 0.2) is 0 Å². The molecule has 17 heavy (non-hydrogen) atoms. The highest BCUT2D eigenvalue weighted by Crippen LogP contribution is 1.98. The van der Waals surface area contributed by atoms with Gasteiger partial charge in [-0.2, -0.15) is 0 Å². The zero-order chi connectivity index (χ0) is 13.7. The molecule has 0 aliphatic carbocycles. The van der Waals surface area contributed by atoms with Crippen LogP contribution in [0, 0.1) is 0 Å². The van der Waals surface area contributed by atoms with Crippen LogP contribution in [0.1, 0.15) is 32.6 Å². The Bertz CT molecular complexity index is 133. The van der Waals surface area contributed by atoms with Gasteiger partial charge in [0.1, 0.15) is 0 Å². The third kappa shape index (κ3) is 25.8. The fraction of sp³-hybridized carbons (Fsp3) is 1.00. The largest absolute Gasteiger partial charge is 0.392 e. The second kappa shape index (κ2) is 13.9. The molecular formula is C13H33N3O. The fourth-order valence-electron chi connectivity index (χ4n) is 1.45. The van der Waals surface area contributed by atoms with Crippen LogP contribution in [0.5, 0.6) is 0 Å². The molecule has 0 rings (SSSR count). The molecule has 0 aliphatic heterocycles. The number of rotatable bonds is 8. The zero-order valence-electron chi connectivity index (χ0n) is 12.4. The van der Waals surface area contributed by atoms with Gasteiger partial charge in [-0.25, -0.2) is 0 Å². The number of likely N-dealkylation sites (N-methyl/N-ethyl adjacent to an activating group) is 1. The molecular weight excluding hydrogens is 214 g/mol. The topological polar surface area (TPSA) is 52.7 Å². The molecule has 0 saturated carbocycles. The maximum atomic E-state index is 8.68. The maximum absolute atomic E-state index is 8.68. The molecule has 0 bridgehead atoms. The number of nitrogens with two attached hydrogens (primary N) is 1. The molecule has 0 saturated heterocycles. The summed E-state index contributed by atoms with van der Waals surface area (Å²) in [5.74, 6) is 0. The average Bonchev–Trinajstić information content (AvgIpc) is 2.15. The standard InChI is InChI=1S/C8H20N2.C5H13NO/c1-10(2)8-6-4-3-5-7-9;1-5(7)4-6(2)3/h3-9H2,1-2H3;5,7H,4H2,1-3H3. The summed E-state index contributed by atoms with van der Waals surface area (Å²) < 4.78 is 0. The lowest BCUT2D eigenvalue weighted by Gasteiger charge is -2.10. The maximum Gasteiger partial charge on any atom is 0.0638 e. The molecule has 3 N–H and O–H groups in total. The normalized spacial score (nSPS) is 12.5. The molecule has 0 radical (unpaired) electrons. The SMILES string of the molecule is CC(O)CN(C)C.CN(C)CCCCCCN. The molecule has 0 amide bonds. The van der Waals surface area contributed by atoms with Crippen LogP contribution >= 0.6 is 0 Å². The van der Waals surface area contributed by atoms with E-state index in [2.05, 4.69) is 19.0 Å². The fourth-order valence-corrected chi connectivity index (χ4v) is 1.45. The van der Waals surface area contributed by atoms with E-state index in [1.807, 2.05) is 19.0 Å². The number of unbranched alkanes of at least 4 members (excludes halogenated alkanes) is 3. The number of nitrogens with zero attached hydrogens (tertiary/aromatic N) is 2. The molecule has 0 aromatic heterocycles. The summed E-state index contributed by atoms with van der Waals surface area (Å²) in [5.41, 5.74) is 5.36. The van der Waals surface area contributed by atoms with Gasteiger partial charge in [-0.15, -0.1) is 0 Å². The van der Waals surface area contributed by atoms with E-state index >= 15 is 0 Å². The lowest BCUT2D eigenvalue weighted by atomic mass is 10.2. The molecule has 0 fully saturated rings. The minimum atomic E-state index is -0.199.